The lowest BCUT2D eigenvalue weighted by Crippen LogP contribution is -2.56. The van der Waals surface area contributed by atoms with Crippen LogP contribution < -0.4 is 10.2 Å². The highest BCUT2D eigenvalue weighted by atomic mass is 19.4. The Morgan fingerprint density at radius 1 is 0.969 bits per heavy atom. The average molecular weight is 445 g/mol. The van der Waals surface area contributed by atoms with Crippen molar-refractivity contribution in [3.63, 3.8) is 0 Å². The molecule has 0 spiro atoms. The van der Waals surface area contributed by atoms with Crippen molar-refractivity contribution in [1.82, 2.24) is 25.1 Å². The van der Waals surface area contributed by atoms with Gasteiger partial charge in [0, 0.05) is 38.3 Å². The number of aromatic amines is 1. The van der Waals surface area contributed by atoms with E-state index in [1.807, 2.05) is 35.2 Å². The van der Waals surface area contributed by atoms with Gasteiger partial charge in [0.1, 0.15) is 11.6 Å². The summed E-state index contributed by atoms with van der Waals surface area (Å²) in [5, 5.41) is 9.93. The molecule has 1 aromatic carbocycles. The van der Waals surface area contributed by atoms with Gasteiger partial charge in [-0.25, -0.2) is 9.97 Å². The Morgan fingerprint density at radius 3 is 2.38 bits per heavy atom. The Labute approximate surface area is 182 Å². The Balaban J connectivity index is 1.36. The summed E-state index contributed by atoms with van der Waals surface area (Å²) < 4.78 is 45.7. The van der Waals surface area contributed by atoms with Crippen LogP contribution in [0, 0.1) is 0 Å². The molecular weight excluding hydrogens is 423 g/mol. The summed E-state index contributed by atoms with van der Waals surface area (Å²) in [6.45, 7) is 4.11. The van der Waals surface area contributed by atoms with E-state index in [1.165, 1.54) is 6.07 Å². The fourth-order valence-electron chi connectivity index (χ4n) is 3.82. The zero-order valence-corrected chi connectivity index (χ0v) is 17.1. The van der Waals surface area contributed by atoms with Crippen LogP contribution in [0.4, 0.5) is 30.6 Å². The molecule has 11 heteroatoms. The first-order valence-corrected chi connectivity index (χ1v) is 10.4. The molecule has 3 aromatic rings. The number of piperazine rings is 1. The summed E-state index contributed by atoms with van der Waals surface area (Å²) in [6, 6.07) is 13.2. The van der Waals surface area contributed by atoms with Gasteiger partial charge in [0.15, 0.2) is 5.82 Å². The van der Waals surface area contributed by atoms with Crippen molar-refractivity contribution in [2.45, 2.75) is 12.2 Å². The van der Waals surface area contributed by atoms with Crippen LogP contribution in [0.3, 0.4) is 0 Å². The Bertz CT molecular complexity index is 1060. The Morgan fingerprint density at radius 2 is 1.72 bits per heavy atom. The smallest absolute Gasteiger partial charge is 0.378 e. The molecule has 2 aliphatic heterocycles. The first-order valence-electron chi connectivity index (χ1n) is 10.4. The van der Waals surface area contributed by atoms with E-state index in [0.29, 0.717) is 38.2 Å². The summed E-state index contributed by atoms with van der Waals surface area (Å²) in [7, 11) is 0. The van der Waals surface area contributed by atoms with E-state index in [2.05, 4.69) is 30.4 Å². The molecule has 0 unspecified atom stereocenters. The zero-order valence-electron chi connectivity index (χ0n) is 17.1. The number of benzene rings is 1. The largest absolute Gasteiger partial charge is 0.451 e. The van der Waals surface area contributed by atoms with Crippen molar-refractivity contribution >= 4 is 17.5 Å². The molecule has 8 nitrogen and oxygen atoms in total. The minimum absolute atomic E-state index is 0.0447. The monoisotopic (exact) mass is 445 g/mol. The van der Waals surface area contributed by atoms with E-state index in [-0.39, 0.29) is 11.6 Å². The third-order valence-electron chi connectivity index (χ3n) is 5.66. The first-order chi connectivity index (χ1) is 15.5. The van der Waals surface area contributed by atoms with Gasteiger partial charge in [0.2, 0.25) is 5.82 Å². The molecule has 2 fully saturated rings. The second-order valence-electron chi connectivity index (χ2n) is 7.80. The molecule has 2 aromatic heterocycles. The SMILES string of the molecule is FC(F)(F)c1nc(Nc2cc(-c3ccccc3)[nH]n2)cc(N2CCN(C3COC3)CC2)n1. The topological polar surface area (TPSA) is 82.2 Å². The van der Waals surface area contributed by atoms with E-state index >= 15 is 0 Å². The van der Waals surface area contributed by atoms with Crippen LogP contribution in [-0.4, -0.2) is 70.5 Å². The minimum atomic E-state index is -4.65. The molecule has 2 saturated heterocycles. The average Bonchev–Trinajstić information content (AvgIpc) is 3.21. The van der Waals surface area contributed by atoms with Gasteiger partial charge in [-0.1, -0.05) is 30.3 Å². The highest BCUT2D eigenvalue weighted by molar-refractivity contribution is 5.65. The summed E-state index contributed by atoms with van der Waals surface area (Å²) in [4.78, 5) is 11.7. The predicted molar refractivity (Wildman–Crippen MR) is 113 cm³/mol. The van der Waals surface area contributed by atoms with Crippen LogP contribution in [0.15, 0.2) is 42.5 Å². The van der Waals surface area contributed by atoms with Gasteiger partial charge in [-0.15, -0.1) is 0 Å². The maximum absolute atomic E-state index is 13.5. The van der Waals surface area contributed by atoms with Crippen LogP contribution >= 0.6 is 0 Å². The molecule has 0 atom stereocenters. The quantitative estimate of drug-likeness (QED) is 0.624. The van der Waals surface area contributed by atoms with Crippen molar-refractivity contribution in [3.05, 3.63) is 48.3 Å². The zero-order chi connectivity index (χ0) is 22.1. The summed E-state index contributed by atoms with van der Waals surface area (Å²) in [5.74, 6) is -0.510. The third kappa shape index (κ3) is 4.39. The highest BCUT2D eigenvalue weighted by Crippen LogP contribution is 2.31. The van der Waals surface area contributed by atoms with Crippen molar-refractivity contribution in [1.29, 1.82) is 0 Å². The van der Waals surface area contributed by atoms with Crippen LogP contribution in [0.1, 0.15) is 5.82 Å². The Kier molecular flexibility index (Phi) is 5.43. The third-order valence-corrected chi connectivity index (χ3v) is 5.66. The molecule has 0 aliphatic carbocycles. The molecule has 4 heterocycles. The number of halogens is 3. The van der Waals surface area contributed by atoms with Crippen LogP contribution in [0.25, 0.3) is 11.3 Å². The normalized spacial score (nSPS) is 17.9. The number of anilines is 3. The number of nitrogens with one attached hydrogen (secondary N) is 2. The van der Waals surface area contributed by atoms with Crippen LogP contribution in [0.5, 0.6) is 0 Å². The molecule has 2 N–H and O–H groups in total. The van der Waals surface area contributed by atoms with Gasteiger partial charge in [-0.3, -0.25) is 10.00 Å². The number of ether oxygens (including phenoxy) is 1. The lowest BCUT2D eigenvalue weighted by atomic mass is 10.1. The van der Waals surface area contributed by atoms with Gasteiger partial charge in [0.25, 0.3) is 0 Å². The van der Waals surface area contributed by atoms with E-state index in [1.54, 1.807) is 6.07 Å². The van der Waals surface area contributed by atoms with Crippen molar-refractivity contribution < 1.29 is 17.9 Å². The van der Waals surface area contributed by atoms with E-state index in [0.717, 1.165) is 24.3 Å². The van der Waals surface area contributed by atoms with E-state index in [4.69, 9.17) is 4.74 Å². The number of rotatable bonds is 5. The maximum Gasteiger partial charge on any atom is 0.451 e. The van der Waals surface area contributed by atoms with Gasteiger partial charge in [-0.05, 0) is 5.56 Å². The predicted octanol–water partition coefficient (Wildman–Crippen LogP) is 3.15. The standard InChI is InChI=1S/C21H22F3N7O/c22-21(23,24)20-26-17(25-18-10-16(28-29-18)14-4-2-1-3-5-14)11-19(27-20)31-8-6-30(7-9-31)15-12-32-13-15/h1-5,10-11,15H,6-9,12-13H2,(H2,25,26,27,28,29). The van der Waals surface area contributed by atoms with Crippen molar-refractivity contribution in [3.8, 4) is 11.3 Å². The van der Waals surface area contributed by atoms with Crippen molar-refractivity contribution in [2.24, 2.45) is 0 Å². The molecule has 0 radical (unpaired) electrons. The minimum Gasteiger partial charge on any atom is -0.378 e. The van der Waals surface area contributed by atoms with E-state index in [9.17, 15) is 13.2 Å². The summed E-state index contributed by atoms with van der Waals surface area (Å²) in [5.41, 5.74) is 1.66. The van der Waals surface area contributed by atoms with E-state index < -0.39 is 12.0 Å². The number of nitrogens with zero attached hydrogens (tertiary/aromatic N) is 5. The molecule has 32 heavy (non-hydrogen) atoms. The first kappa shape index (κ1) is 20.7. The highest BCUT2D eigenvalue weighted by Gasteiger charge is 2.36. The van der Waals surface area contributed by atoms with Gasteiger partial charge in [0.05, 0.1) is 24.9 Å². The molecule has 5 rings (SSSR count). The lowest BCUT2D eigenvalue weighted by molar-refractivity contribution is -0.144. The molecule has 2 aliphatic rings. The number of aromatic nitrogens is 4. The van der Waals surface area contributed by atoms with Gasteiger partial charge in [-0.2, -0.15) is 18.3 Å². The summed E-state index contributed by atoms with van der Waals surface area (Å²) >= 11 is 0. The summed E-state index contributed by atoms with van der Waals surface area (Å²) in [6.07, 6.45) is -4.65. The molecule has 168 valence electrons. The molecule has 0 bridgehead atoms. The fraction of sp³-hybridized carbons (Fsp3) is 0.381. The van der Waals surface area contributed by atoms with Crippen LogP contribution in [0.2, 0.25) is 0 Å². The number of hydrogen-bond donors (Lipinski definition) is 2. The van der Waals surface area contributed by atoms with Gasteiger partial charge >= 0.3 is 6.18 Å². The lowest BCUT2D eigenvalue weighted by Gasteiger charge is -2.42. The Hall–Kier alpha value is -3.18. The number of H-pyrrole nitrogens is 1. The molecule has 0 amide bonds. The fourth-order valence-corrected chi connectivity index (χ4v) is 3.82. The van der Waals surface area contributed by atoms with Crippen LogP contribution in [-0.2, 0) is 10.9 Å². The van der Waals surface area contributed by atoms with Crippen molar-refractivity contribution in [2.75, 3.05) is 49.6 Å². The number of hydrogen-bond acceptors (Lipinski definition) is 7. The second-order valence-corrected chi connectivity index (χ2v) is 7.80. The second kappa shape index (κ2) is 8.40. The maximum atomic E-state index is 13.5. The number of alkyl halides is 3. The molecular formula is C21H22F3N7O. The molecule has 0 saturated carbocycles. The van der Waals surface area contributed by atoms with Gasteiger partial charge < -0.3 is 15.0 Å².